The summed E-state index contributed by atoms with van der Waals surface area (Å²) in [4.78, 5) is 9.47. The van der Waals surface area contributed by atoms with Crippen molar-refractivity contribution < 1.29 is 0 Å². The summed E-state index contributed by atoms with van der Waals surface area (Å²) in [5.74, 6) is 2.34. The zero-order valence-corrected chi connectivity index (χ0v) is 13.5. The first kappa shape index (κ1) is 15.5. The van der Waals surface area contributed by atoms with Crippen LogP contribution in [0, 0.1) is 5.92 Å². The minimum atomic E-state index is 0.587. The van der Waals surface area contributed by atoms with Crippen LogP contribution >= 0.6 is 0 Å². The first-order valence-electron chi connectivity index (χ1n) is 7.84. The van der Waals surface area contributed by atoms with E-state index in [2.05, 4.69) is 68.3 Å². The summed E-state index contributed by atoms with van der Waals surface area (Å²) < 4.78 is 0. The van der Waals surface area contributed by atoms with Crippen molar-refractivity contribution in [2.45, 2.75) is 40.5 Å². The van der Waals surface area contributed by atoms with Gasteiger partial charge in [0.2, 0.25) is 0 Å². The van der Waals surface area contributed by atoms with Gasteiger partial charge in [0, 0.05) is 23.9 Å². The van der Waals surface area contributed by atoms with Crippen molar-refractivity contribution in [2.24, 2.45) is 5.92 Å². The molecule has 1 N–H and O–H groups in total. The van der Waals surface area contributed by atoms with Crippen LogP contribution < -0.4 is 5.32 Å². The Hall–Kier alpha value is -1.90. The lowest BCUT2D eigenvalue weighted by atomic mass is 10.0. The van der Waals surface area contributed by atoms with Gasteiger partial charge in [0.1, 0.15) is 5.82 Å². The zero-order valence-electron chi connectivity index (χ0n) is 13.5. The molecule has 0 fully saturated rings. The first-order valence-corrected chi connectivity index (χ1v) is 7.84. The third-order valence-electron chi connectivity index (χ3n) is 3.39. The van der Waals surface area contributed by atoms with E-state index in [-0.39, 0.29) is 0 Å². The van der Waals surface area contributed by atoms with Gasteiger partial charge in [-0.1, -0.05) is 45.0 Å². The number of hydrogen-bond acceptors (Lipinski definition) is 3. The van der Waals surface area contributed by atoms with Crippen LogP contribution in [-0.2, 0) is 12.8 Å². The molecule has 2 aromatic rings. The molecule has 3 nitrogen and oxygen atoms in total. The molecular formula is C18H25N3. The monoisotopic (exact) mass is 283 g/mol. The number of nitrogens with zero attached hydrogens (tertiary/aromatic N) is 2. The fraction of sp³-hybridized carbons (Fsp3) is 0.444. The molecule has 0 radical (unpaired) electrons. The predicted octanol–water partition coefficient (Wildman–Crippen LogP) is 4.34. The Morgan fingerprint density at radius 1 is 1.10 bits per heavy atom. The second-order valence-corrected chi connectivity index (χ2v) is 5.71. The maximum absolute atomic E-state index is 4.78. The minimum absolute atomic E-state index is 0.587. The smallest absolute Gasteiger partial charge is 0.162 e. The lowest BCUT2D eigenvalue weighted by molar-refractivity contribution is 0.635. The highest BCUT2D eigenvalue weighted by molar-refractivity contribution is 5.62. The third kappa shape index (κ3) is 4.03. The Bertz CT molecular complexity index is 591. The highest BCUT2D eigenvalue weighted by Crippen LogP contribution is 2.23. The van der Waals surface area contributed by atoms with Crippen molar-refractivity contribution in [2.75, 3.05) is 11.9 Å². The van der Waals surface area contributed by atoms with Crippen molar-refractivity contribution in [1.82, 2.24) is 9.97 Å². The summed E-state index contributed by atoms with van der Waals surface area (Å²) in [6.45, 7) is 9.56. The SMILES string of the molecule is CCNc1cc(CC(C)C)nc(-c2ccccc2CC)n1. The van der Waals surface area contributed by atoms with Crippen molar-refractivity contribution in [3.05, 3.63) is 41.6 Å². The van der Waals surface area contributed by atoms with Crippen LogP contribution in [0.25, 0.3) is 11.4 Å². The molecule has 0 spiro atoms. The van der Waals surface area contributed by atoms with E-state index < -0.39 is 0 Å². The summed E-state index contributed by atoms with van der Waals surface area (Å²) in [6, 6.07) is 10.5. The molecule has 0 aliphatic heterocycles. The van der Waals surface area contributed by atoms with Crippen LogP contribution in [0.5, 0.6) is 0 Å². The fourth-order valence-electron chi connectivity index (χ4n) is 2.46. The third-order valence-corrected chi connectivity index (χ3v) is 3.39. The molecule has 0 saturated heterocycles. The molecule has 112 valence electrons. The number of rotatable bonds is 6. The average Bonchev–Trinajstić information content (AvgIpc) is 2.46. The summed E-state index contributed by atoms with van der Waals surface area (Å²) in [7, 11) is 0. The first-order chi connectivity index (χ1) is 10.1. The number of hydrogen-bond donors (Lipinski definition) is 1. The van der Waals surface area contributed by atoms with Gasteiger partial charge in [0.25, 0.3) is 0 Å². The van der Waals surface area contributed by atoms with E-state index in [9.17, 15) is 0 Å². The molecule has 0 aliphatic rings. The Morgan fingerprint density at radius 2 is 1.86 bits per heavy atom. The number of aromatic nitrogens is 2. The maximum atomic E-state index is 4.78. The molecule has 0 atom stereocenters. The van der Waals surface area contributed by atoms with Gasteiger partial charge >= 0.3 is 0 Å². The normalized spacial score (nSPS) is 10.9. The van der Waals surface area contributed by atoms with Gasteiger partial charge in [-0.15, -0.1) is 0 Å². The van der Waals surface area contributed by atoms with Crippen LogP contribution in [-0.4, -0.2) is 16.5 Å². The van der Waals surface area contributed by atoms with E-state index in [1.54, 1.807) is 0 Å². The second kappa shape index (κ2) is 7.21. The van der Waals surface area contributed by atoms with Gasteiger partial charge in [-0.05, 0) is 31.2 Å². The molecule has 2 rings (SSSR count). The minimum Gasteiger partial charge on any atom is -0.370 e. The van der Waals surface area contributed by atoms with Crippen LogP contribution in [0.15, 0.2) is 30.3 Å². The van der Waals surface area contributed by atoms with E-state index >= 15 is 0 Å². The standard InChI is InChI=1S/C18H25N3/c1-5-14-9-7-8-10-16(14)18-20-15(11-13(3)4)12-17(21-18)19-6-2/h7-10,12-13H,5-6,11H2,1-4H3,(H,19,20,21). The average molecular weight is 283 g/mol. The van der Waals surface area contributed by atoms with Gasteiger partial charge in [-0.25, -0.2) is 9.97 Å². The van der Waals surface area contributed by atoms with Crippen LogP contribution in [0.2, 0.25) is 0 Å². The predicted molar refractivity (Wildman–Crippen MR) is 89.6 cm³/mol. The highest BCUT2D eigenvalue weighted by atomic mass is 15.0. The summed E-state index contributed by atoms with van der Waals surface area (Å²) >= 11 is 0. The van der Waals surface area contributed by atoms with Gasteiger partial charge < -0.3 is 5.32 Å². The molecule has 1 aromatic heterocycles. The molecule has 21 heavy (non-hydrogen) atoms. The summed E-state index contributed by atoms with van der Waals surface area (Å²) in [5.41, 5.74) is 3.54. The van der Waals surface area contributed by atoms with E-state index in [0.29, 0.717) is 5.92 Å². The van der Waals surface area contributed by atoms with Crippen molar-refractivity contribution >= 4 is 5.82 Å². The van der Waals surface area contributed by atoms with Gasteiger partial charge in [0.05, 0.1) is 0 Å². The van der Waals surface area contributed by atoms with E-state index in [1.165, 1.54) is 5.56 Å². The topological polar surface area (TPSA) is 37.8 Å². The van der Waals surface area contributed by atoms with Crippen LogP contribution in [0.3, 0.4) is 0 Å². The summed E-state index contributed by atoms with van der Waals surface area (Å²) in [5, 5.41) is 3.32. The number of aryl methyl sites for hydroxylation is 1. The molecule has 0 saturated carbocycles. The van der Waals surface area contributed by atoms with Gasteiger partial charge in [-0.2, -0.15) is 0 Å². The Morgan fingerprint density at radius 3 is 2.52 bits per heavy atom. The maximum Gasteiger partial charge on any atom is 0.162 e. The van der Waals surface area contributed by atoms with Crippen molar-refractivity contribution in [3.63, 3.8) is 0 Å². The van der Waals surface area contributed by atoms with E-state index in [4.69, 9.17) is 4.98 Å². The molecule has 1 heterocycles. The largest absolute Gasteiger partial charge is 0.370 e. The van der Waals surface area contributed by atoms with E-state index in [1.807, 2.05) is 0 Å². The fourth-order valence-corrected chi connectivity index (χ4v) is 2.46. The van der Waals surface area contributed by atoms with Crippen molar-refractivity contribution in [1.29, 1.82) is 0 Å². The summed E-state index contributed by atoms with van der Waals surface area (Å²) in [6.07, 6.45) is 1.96. The number of nitrogens with one attached hydrogen (secondary N) is 1. The number of benzene rings is 1. The number of anilines is 1. The molecule has 0 aliphatic carbocycles. The molecule has 3 heteroatoms. The second-order valence-electron chi connectivity index (χ2n) is 5.71. The molecule has 0 unspecified atom stereocenters. The Balaban J connectivity index is 2.48. The lowest BCUT2D eigenvalue weighted by Gasteiger charge is -2.12. The highest BCUT2D eigenvalue weighted by Gasteiger charge is 2.10. The van der Waals surface area contributed by atoms with Gasteiger partial charge in [0.15, 0.2) is 5.82 Å². The van der Waals surface area contributed by atoms with Crippen LogP contribution in [0.1, 0.15) is 39.0 Å². The van der Waals surface area contributed by atoms with Gasteiger partial charge in [-0.3, -0.25) is 0 Å². The van der Waals surface area contributed by atoms with Crippen LogP contribution in [0.4, 0.5) is 5.82 Å². The van der Waals surface area contributed by atoms with E-state index in [0.717, 1.165) is 42.3 Å². The molecule has 1 aromatic carbocycles. The Kier molecular flexibility index (Phi) is 5.32. The lowest BCUT2D eigenvalue weighted by Crippen LogP contribution is -2.06. The molecule has 0 amide bonds. The quantitative estimate of drug-likeness (QED) is 0.857. The van der Waals surface area contributed by atoms with Crippen molar-refractivity contribution in [3.8, 4) is 11.4 Å². The zero-order chi connectivity index (χ0) is 15.2. The molecular weight excluding hydrogens is 258 g/mol. The Labute approximate surface area is 127 Å². The molecule has 0 bridgehead atoms.